The Balaban J connectivity index is 2.31. The van der Waals surface area contributed by atoms with Gasteiger partial charge in [-0.2, -0.15) is 0 Å². The molecular formula is C11H21NO2S. The van der Waals surface area contributed by atoms with E-state index in [0.29, 0.717) is 6.04 Å². The van der Waals surface area contributed by atoms with E-state index in [1.54, 1.807) is 6.92 Å². The Hall–Kier alpha value is -0.350. The quantitative estimate of drug-likeness (QED) is 0.730. The second-order valence-corrected chi connectivity index (χ2v) is 6.67. The Kier molecular flexibility index (Phi) is 4.80. The van der Waals surface area contributed by atoms with E-state index in [2.05, 4.69) is 11.9 Å². The lowest BCUT2D eigenvalue weighted by Gasteiger charge is -2.23. The Bertz CT molecular complexity index is 303. The summed E-state index contributed by atoms with van der Waals surface area (Å²) in [5, 5.41) is 3.36. The molecule has 1 unspecified atom stereocenters. The van der Waals surface area contributed by atoms with E-state index >= 15 is 0 Å². The van der Waals surface area contributed by atoms with Crippen LogP contribution in [0.3, 0.4) is 0 Å². The number of rotatable bonds is 5. The summed E-state index contributed by atoms with van der Waals surface area (Å²) in [6, 6.07) is 0.402. The van der Waals surface area contributed by atoms with Gasteiger partial charge in [-0.25, -0.2) is 8.42 Å². The third kappa shape index (κ3) is 5.33. The maximum Gasteiger partial charge on any atom is 0.154 e. The van der Waals surface area contributed by atoms with Gasteiger partial charge < -0.3 is 5.32 Å². The third-order valence-corrected chi connectivity index (χ3v) is 4.45. The molecule has 0 spiro atoms. The maximum atomic E-state index is 11.6. The molecular weight excluding hydrogens is 210 g/mol. The van der Waals surface area contributed by atoms with E-state index in [1.165, 1.54) is 12.8 Å². The summed E-state index contributed by atoms with van der Waals surface area (Å²) in [6.45, 7) is 6.43. The van der Waals surface area contributed by atoms with Gasteiger partial charge in [-0.3, -0.25) is 0 Å². The Morgan fingerprint density at radius 2 is 2.20 bits per heavy atom. The van der Waals surface area contributed by atoms with Gasteiger partial charge in [0.25, 0.3) is 0 Å². The summed E-state index contributed by atoms with van der Waals surface area (Å²) in [6.07, 6.45) is 4.30. The van der Waals surface area contributed by atoms with Gasteiger partial charge >= 0.3 is 0 Å². The molecule has 0 saturated carbocycles. The predicted molar refractivity (Wildman–Crippen MR) is 63.7 cm³/mol. The van der Waals surface area contributed by atoms with Crippen molar-refractivity contribution in [3.8, 4) is 0 Å². The minimum absolute atomic E-state index is 0.139. The van der Waals surface area contributed by atoms with E-state index in [1.807, 2.05) is 0 Å². The molecule has 0 aromatic heterocycles. The number of hydrogen-bond donors (Lipinski definition) is 1. The fourth-order valence-corrected chi connectivity index (χ4v) is 3.48. The molecule has 1 heterocycles. The summed E-state index contributed by atoms with van der Waals surface area (Å²) < 4.78 is 23.2. The smallest absolute Gasteiger partial charge is 0.154 e. The van der Waals surface area contributed by atoms with Crippen LogP contribution < -0.4 is 5.32 Å². The molecule has 15 heavy (non-hydrogen) atoms. The summed E-state index contributed by atoms with van der Waals surface area (Å²) in [4.78, 5) is 0. The normalized spacial score (nSPS) is 22.6. The first kappa shape index (κ1) is 12.7. The lowest BCUT2D eigenvalue weighted by molar-refractivity contribution is 0.392. The van der Waals surface area contributed by atoms with E-state index < -0.39 is 9.84 Å². The predicted octanol–water partition coefficient (Wildman–Crippen LogP) is 1.51. The molecule has 1 rings (SSSR count). The van der Waals surface area contributed by atoms with Gasteiger partial charge in [-0.15, -0.1) is 0 Å². The lowest BCUT2D eigenvalue weighted by atomic mass is 10.0. The zero-order valence-electron chi connectivity index (χ0n) is 9.46. The van der Waals surface area contributed by atoms with Crippen LogP contribution in [0, 0.1) is 0 Å². The van der Waals surface area contributed by atoms with Crippen molar-refractivity contribution < 1.29 is 8.42 Å². The van der Waals surface area contributed by atoms with E-state index in [-0.39, 0.29) is 11.5 Å². The van der Waals surface area contributed by atoms with Crippen molar-refractivity contribution in [3.05, 3.63) is 12.2 Å². The molecule has 0 bridgehead atoms. The monoisotopic (exact) mass is 231 g/mol. The molecule has 1 atom stereocenters. The average molecular weight is 231 g/mol. The summed E-state index contributed by atoms with van der Waals surface area (Å²) in [7, 11) is -2.92. The van der Waals surface area contributed by atoms with Gasteiger partial charge in [0.2, 0.25) is 0 Å². The minimum atomic E-state index is -2.92. The van der Waals surface area contributed by atoms with Crippen molar-refractivity contribution in [2.45, 2.75) is 38.6 Å². The van der Waals surface area contributed by atoms with Crippen LogP contribution >= 0.6 is 0 Å². The molecule has 3 nitrogen and oxygen atoms in total. The van der Waals surface area contributed by atoms with Crippen molar-refractivity contribution in [3.63, 3.8) is 0 Å². The fourth-order valence-electron chi connectivity index (χ4n) is 1.94. The molecule has 1 fully saturated rings. The van der Waals surface area contributed by atoms with Crippen LogP contribution in [0.1, 0.15) is 32.6 Å². The van der Waals surface area contributed by atoms with Gasteiger partial charge in [-0.1, -0.05) is 18.6 Å². The SMILES string of the molecule is C=C(C)CS(=O)(=O)CCC1CCCCN1. The highest BCUT2D eigenvalue weighted by Crippen LogP contribution is 2.11. The number of hydrogen-bond acceptors (Lipinski definition) is 3. The van der Waals surface area contributed by atoms with Crippen molar-refractivity contribution >= 4 is 9.84 Å². The van der Waals surface area contributed by atoms with Crippen molar-refractivity contribution in [1.29, 1.82) is 0 Å². The van der Waals surface area contributed by atoms with Crippen molar-refractivity contribution in [1.82, 2.24) is 5.32 Å². The maximum absolute atomic E-state index is 11.6. The highest BCUT2D eigenvalue weighted by atomic mass is 32.2. The molecule has 1 aliphatic rings. The summed E-state index contributed by atoms with van der Waals surface area (Å²) in [5.74, 6) is 0.428. The molecule has 4 heteroatoms. The van der Waals surface area contributed by atoms with Gasteiger partial charge in [0, 0.05) is 6.04 Å². The van der Waals surface area contributed by atoms with Crippen LogP contribution in [0.5, 0.6) is 0 Å². The van der Waals surface area contributed by atoms with E-state index in [9.17, 15) is 8.42 Å². The molecule has 1 aliphatic heterocycles. The largest absolute Gasteiger partial charge is 0.314 e. The van der Waals surface area contributed by atoms with E-state index in [4.69, 9.17) is 0 Å². The highest BCUT2D eigenvalue weighted by Gasteiger charge is 2.17. The highest BCUT2D eigenvalue weighted by molar-refractivity contribution is 7.91. The number of nitrogens with one attached hydrogen (secondary N) is 1. The van der Waals surface area contributed by atoms with Crippen LogP contribution in [-0.4, -0.2) is 32.5 Å². The van der Waals surface area contributed by atoms with Crippen molar-refractivity contribution in [2.75, 3.05) is 18.1 Å². The second kappa shape index (κ2) is 5.66. The van der Waals surface area contributed by atoms with Gasteiger partial charge in [0.15, 0.2) is 9.84 Å². The zero-order chi connectivity index (χ0) is 11.3. The third-order valence-electron chi connectivity index (χ3n) is 2.66. The van der Waals surface area contributed by atoms with Crippen molar-refractivity contribution in [2.24, 2.45) is 0 Å². The lowest BCUT2D eigenvalue weighted by Crippen LogP contribution is -2.35. The topological polar surface area (TPSA) is 46.2 Å². The van der Waals surface area contributed by atoms with E-state index in [0.717, 1.165) is 25.0 Å². The molecule has 1 saturated heterocycles. The molecule has 0 aromatic rings. The minimum Gasteiger partial charge on any atom is -0.314 e. The number of sulfone groups is 1. The molecule has 0 radical (unpaired) electrons. The summed E-state index contributed by atoms with van der Waals surface area (Å²) in [5.41, 5.74) is 0.728. The van der Waals surface area contributed by atoms with Gasteiger partial charge in [0.1, 0.15) is 0 Å². The van der Waals surface area contributed by atoms with Crippen LogP contribution in [-0.2, 0) is 9.84 Å². The van der Waals surface area contributed by atoms with Crippen LogP contribution in [0.2, 0.25) is 0 Å². The first-order chi connectivity index (χ1) is 6.99. The Labute approximate surface area is 92.9 Å². The first-order valence-corrected chi connectivity index (χ1v) is 7.40. The first-order valence-electron chi connectivity index (χ1n) is 5.58. The molecule has 88 valence electrons. The van der Waals surface area contributed by atoms with Gasteiger partial charge in [-0.05, 0) is 32.7 Å². The standard InChI is InChI=1S/C11H21NO2S/c1-10(2)9-15(13,14)8-6-11-5-3-4-7-12-11/h11-12H,1,3-9H2,2H3. The molecule has 0 amide bonds. The molecule has 0 aromatic carbocycles. The van der Waals surface area contributed by atoms with Gasteiger partial charge in [0.05, 0.1) is 11.5 Å². The Morgan fingerprint density at radius 1 is 1.47 bits per heavy atom. The van der Waals surface area contributed by atoms with Crippen LogP contribution in [0.15, 0.2) is 12.2 Å². The zero-order valence-corrected chi connectivity index (χ0v) is 10.3. The Morgan fingerprint density at radius 3 is 2.73 bits per heavy atom. The summed E-state index contributed by atoms with van der Waals surface area (Å²) >= 11 is 0. The van der Waals surface area contributed by atoms with Crippen LogP contribution in [0.25, 0.3) is 0 Å². The number of piperidine rings is 1. The second-order valence-electron chi connectivity index (χ2n) is 4.48. The fraction of sp³-hybridized carbons (Fsp3) is 0.818. The molecule has 1 N–H and O–H groups in total. The average Bonchev–Trinajstić information content (AvgIpc) is 2.15. The molecule has 0 aliphatic carbocycles. The van der Waals surface area contributed by atoms with Crippen LogP contribution in [0.4, 0.5) is 0 Å².